The SMILES string of the molecule is NCC(=O)N[C@H]1CCO[C@@H](c2ccc(Cl)cc2)OC1. The molecule has 1 heterocycles. The maximum absolute atomic E-state index is 11.2. The van der Waals surface area contributed by atoms with E-state index in [-0.39, 0.29) is 18.5 Å². The van der Waals surface area contributed by atoms with E-state index in [1.54, 1.807) is 12.1 Å². The lowest BCUT2D eigenvalue weighted by Gasteiger charge is -2.17. The minimum Gasteiger partial charge on any atom is -0.350 e. The normalized spacial score (nSPS) is 23.7. The number of halogens is 1. The van der Waals surface area contributed by atoms with Crippen molar-refractivity contribution < 1.29 is 14.3 Å². The molecule has 0 aromatic heterocycles. The second kappa shape index (κ2) is 6.86. The summed E-state index contributed by atoms with van der Waals surface area (Å²) in [6.45, 7) is 0.903. The second-order valence-corrected chi connectivity index (χ2v) is 4.78. The number of hydrogen-bond donors (Lipinski definition) is 2. The summed E-state index contributed by atoms with van der Waals surface area (Å²) in [4.78, 5) is 11.2. The van der Waals surface area contributed by atoms with Gasteiger partial charge < -0.3 is 20.5 Å². The maximum atomic E-state index is 11.2. The number of nitrogens with two attached hydrogens (primary N) is 1. The van der Waals surface area contributed by atoms with Gasteiger partial charge in [-0.3, -0.25) is 4.79 Å². The van der Waals surface area contributed by atoms with Gasteiger partial charge in [0, 0.05) is 10.6 Å². The first-order valence-corrected chi connectivity index (χ1v) is 6.55. The topological polar surface area (TPSA) is 73.6 Å². The van der Waals surface area contributed by atoms with E-state index in [4.69, 9.17) is 26.8 Å². The molecule has 104 valence electrons. The Labute approximate surface area is 117 Å². The van der Waals surface area contributed by atoms with Gasteiger partial charge in [0.2, 0.25) is 5.91 Å². The van der Waals surface area contributed by atoms with Crippen molar-refractivity contribution >= 4 is 17.5 Å². The van der Waals surface area contributed by atoms with Crippen molar-refractivity contribution in [2.75, 3.05) is 19.8 Å². The molecular formula is C13H17ClN2O3. The molecule has 0 unspecified atom stereocenters. The van der Waals surface area contributed by atoms with Gasteiger partial charge in [-0.15, -0.1) is 0 Å². The molecule has 1 fully saturated rings. The number of rotatable bonds is 3. The smallest absolute Gasteiger partial charge is 0.234 e. The van der Waals surface area contributed by atoms with Crippen LogP contribution in [0.3, 0.4) is 0 Å². The third-order valence-electron chi connectivity index (χ3n) is 2.88. The number of ether oxygens (including phenoxy) is 2. The van der Waals surface area contributed by atoms with Gasteiger partial charge >= 0.3 is 0 Å². The molecule has 1 aliphatic heterocycles. The summed E-state index contributed by atoms with van der Waals surface area (Å²) in [5.41, 5.74) is 6.18. The summed E-state index contributed by atoms with van der Waals surface area (Å²) in [6.07, 6.45) is 0.285. The van der Waals surface area contributed by atoms with Gasteiger partial charge in [0.25, 0.3) is 0 Å². The Morgan fingerprint density at radius 3 is 2.79 bits per heavy atom. The van der Waals surface area contributed by atoms with E-state index in [0.717, 1.165) is 5.56 Å². The summed E-state index contributed by atoms with van der Waals surface area (Å²) in [7, 11) is 0. The van der Waals surface area contributed by atoms with Crippen molar-refractivity contribution in [2.45, 2.75) is 18.8 Å². The van der Waals surface area contributed by atoms with Crippen LogP contribution in [-0.4, -0.2) is 31.7 Å². The van der Waals surface area contributed by atoms with Crippen LogP contribution in [0.15, 0.2) is 24.3 Å². The number of amides is 1. The lowest BCUT2D eigenvalue weighted by molar-refractivity contribution is -0.133. The van der Waals surface area contributed by atoms with Crippen LogP contribution in [0.25, 0.3) is 0 Å². The highest BCUT2D eigenvalue weighted by Gasteiger charge is 2.21. The highest BCUT2D eigenvalue weighted by atomic mass is 35.5. The number of hydrogen-bond acceptors (Lipinski definition) is 4. The molecule has 1 aromatic carbocycles. The van der Waals surface area contributed by atoms with Gasteiger partial charge in [0.1, 0.15) is 0 Å². The zero-order chi connectivity index (χ0) is 13.7. The molecular weight excluding hydrogens is 268 g/mol. The number of nitrogens with one attached hydrogen (secondary N) is 1. The quantitative estimate of drug-likeness (QED) is 0.875. The molecule has 3 N–H and O–H groups in total. The summed E-state index contributed by atoms with van der Waals surface area (Å²) in [5, 5.41) is 3.47. The zero-order valence-electron chi connectivity index (χ0n) is 10.5. The van der Waals surface area contributed by atoms with Crippen molar-refractivity contribution in [1.82, 2.24) is 5.32 Å². The Bertz CT molecular complexity index is 424. The Balaban J connectivity index is 1.93. The van der Waals surface area contributed by atoms with Gasteiger partial charge in [0.05, 0.1) is 25.8 Å². The summed E-state index contributed by atoms with van der Waals surface area (Å²) < 4.78 is 11.3. The Hall–Kier alpha value is -1.14. The number of benzene rings is 1. The van der Waals surface area contributed by atoms with Gasteiger partial charge in [-0.2, -0.15) is 0 Å². The van der Waals surface area contributed by atoms with E-state index >= 15 is 0 Å². The molecule has 1 aliphatic rings. The molecule has 1 aromatic rings. The minimum atomic E-state index is -0.419. The highest BCUT2D eigenvalue weighted by Crippen LogP contribution is 2.23. The highest BCUT2D eigenvalue weighted by molar-refractivity contribution is 6.30. The fourth-order valence-corrected chi connectivity index (χ4v) is 1.99. The van der Waals surface area contributed by atoms with E-state index in [1.165, 1.54) is 0 Å². The molecule has 1 saturated heterocycles. The van der Waals surface area contributed by atoms with Crippen LogP contribution in [0.5, 0.6) is 0 Å². The first-order chi connectivity index (χ1) is 9.19. The molecule has 0 spiro atoms. The van der Waals surface area contributed by atoms with Gasteiger partial charge in [-0.25, -0.2) is 0 Å². The summed E-state index contributed by atoms with van der Waals surface area (Å²) >= 11 is 5.84. The Morgan fingerprint density at radius 1 is 1.37 bits per heavy atom. The largest absolute Gasteiger partial charge is 0.350 e. The predicted molar refractivity (Wildman–Crippen MR) is 71.7 cm³/mol. The minimum absolute atomic E-state index is 0.0159. The van der Waals surface area contributed by atoms with Crippen molar-refractivity contribution in [3.63, 3.8) is 0 Å². The molecule has 1 amide bonds. The maximum Gasteiger partial charge on any atom is 0.234 e. The molecule has 0 bridgehead atoms. The van der Waals surface area contributed by atoms with Crippen molar-refractivity contribution in [3.05, 3.63) is 34.9 Å². The summed E-state index contributed by atoms with van der Waals surface area (Å²) in [5.74, 6) is -0.182. The first-order valence-electron chi connectivity index (χ1n) is 6.17. The first kappa shape index (κ1) is 14.3. The van der Waals surface area contributed by atoms with E-state index in [9.17, 15) is 4.79 Å². The van der Waals surface area contributed by atoms with Crippen LogP contribution in [0.2, 0.25) is 5.02 Å². The third kappa shape index (κ3) is 4.18. The van der Waals surface area contributed by atoms with E-state index in [0.29, 0.717) is 24.7 Å². The Morgan fingerprint density at radius 2 is 2.11 bits per heavy atom. The lowest BCUT2D eigenvalue weighted by atomic mass is 10.2. The lowest BCUT2D eigenvalue weighted by Crippen LogP contribution is -2.41. The van der Waals surface area contributed by atoms with Crippen molar-refractivity contribution in [2.24, 2.45) is 5.73 Å². The average Bonchev–Trinajstić information content (AvgIpc) is 2.65. The standard InChI is InChI=1S/C13H17ClN2O3/c14-10-3-1-9(2-4-10)13-18-6-5-11(8-19-13)16-12(17)7-15/h1-4,11,13H,5-8,15H2,(H,16,17)/t11-,13+/m0/s1. The fraction of sp³-hybridized carbons (Fsp3) is 0.462. The van der Waals surface area contributed by atoms with Gasteiger partial charge in [-0.1, -0.05) is 23.7 Å². The predicted octanol–water partition coefficient (Wildman–Crippen LogP) is 1.22. The molecule has 19 heavy (non-hydrogen) atoms. The third-order valence-corrected chi connectivity index (χ3v) is 3.13. The number of carbonyl (C=O) groups is 1. The molecule has 6 heteroatoms. The molecule has 0 saturated carbocycles. The fourth-order valence-electron chi connectivity index (χ4n) is 1.87. The zero-order valence-corrected chi connectivity index (χ0v) is 11.2. The molecule has 0 radical (unpaired) electrons. The molecule has 2 rings (SSSR count). The van der Waals surface area contributed by atoms with Crippen LogP contribution in [-0.2, 0) is 14.3 Å². The van der Waals surface area contributed by atoms with E-state index in [1.807, 2.05) is 12.1 Å². The Kier molecular flexibility index (Phi) is 5.15. The summed E-state index contributed by atoms with van der Waals surface area (Å²) in [6, 6.07) is 7.26. The average molecular weight is 285 g/mol. The molecule has 2 atom stereocenters. The van der Waals surface area contributed by atoms with Gasteiger partial charge in [0.15, 0.2) is 6.29 Å². The monoisotopic (exact) mass is 284 g/mol. The molecule has 5 nitrogen and oxygen atoms in total. The van der Waals surface area contributed by atoms with Crippen molar-refractivity contribution in [1.29, 1.82) is 0 Å². The van der Waals surface area contributed by atoms with Crippen LogP contribution >= 0.6 is 11.6 Å². The van der Waals surface area contributed by atoms with Gasteiger partial charge in [-0.05, 0) is 18.6 Å². The van der Waals surface area contributed by atoms with Crippen LogP contribution in [0, 0.1) is 0 Å². The van der Waals surface area contributed by atoms with Crippen LogP contribution in [0.1, 0.15) is 18.3 Å². The van der Waals surface area contributed by atoms with E-state index < -0.39 is 6.29 Å². The number of carbonyl (C=O) groups excluding carboxylic acids is 1. The van der Waals surface area contributed by atoms with E-state index in [2.05, 4.69) is 5.32 Å². The van der Waals surface area contributed by atoms with Crippen molar-refractivity contribution in [3.8, 4) is 0 Å². The second-order valence-electron chi connectivity index (χ2n) is 4.34. The molecule has 0 aliphatic carbocycles. The van der Waals surface area contributed by atoms with Crippen LogP contribution in [0.4, 0.5) is 0 Å². The van der Waals surface area contributed by atoms with Crippen LogP contribution < -0.4 is 11.1 Å².